The summed E-state index contributed by atoms with van der Waals surface area (Å²) >= 11 is 3.05. The summed E-state index contributed by atoms with van der Waals surface area (Å²) in [5.74, 6) is 4.77. The van der Waals surface area contributed by atoms with Gasteiger partial charge in [0.1, 0.15) is 23.8 Å². The van der Waals surface area contributed by atoms with Gasteiger partial charge in [-0.25, -0.2) is 13.8 Å². The molecule has 0 bridgehead atoms. The molecule has 0 aliphatic rings. The van der Waals surface area contributed by atoms with Crippen LogP contribution in [0.4, 0.5) is 8.78 Å². The van der Waals surface area contributed by atoms with Crippen molar-refractivity contribution in [1.82, 2.24) is 20.2 Å². The SMILES string of the molecule is CCCn1ncnc1CC(NN)c1c(F)cc(Br)cc1F. The summed E-state index contributed by atoms with van der Waals surface area (Å²) in [6, 6.07) is 1.69. The molecule has 1 aromatic carbocycles. The van der Waals surface area contributed by atoms with Crippen LogP contribution in [0, 0.1) is 11.6 Å². The highest BCUT2D eigenvalue weighted by molar-refractivity contribution is 9.10. The molecule has 0 spiro atoms. The monoisotopic (exact) mass is 359 g/mol. The van der Waals surface area contributed by atoms with Crippen molar-refractivity contribution in [3.05, 3.63) is 46.0 Å². The van der Waals surface area contributed by atoms with Crippen molar-refractivity contribution in [3.8, 4) is 0 Å². The molecule has 1 unspecified atom stereocenters. The van der Waals surface area contributed by atoms with Crippen LogP contribution in [0.3, 0.4) is 0 Å². The van der Waals surface area contributed by atoms with Crippen LogP contribution in [0.1, 0.15) is 30.8 Å². The van der Waals surface area contributed by atoms with E-state index in [1.807, 2.05) is 6.92 Å². The Bertz CT molecular complexity index is 593. The number of hydrazine groups is 1. The highest BCUT2D eigenvalue weighted by Gasteiger charge is 2.22. The van der Waals surface area contributed by atoms with Gasteiger partial charge in [-0.1, -0.05) is 22.9 Å². The van der Waals surface area contributed by atoms with Crippen molar-refractivity contribution in [2.75, 3.05) is 0 Å². The second-order valence-electron chi connectivity index (χ2n) is 4.61. The third-order valence-corrected chi connectivity index (χ3v) is 3.57. The Morgan fingerprint density at radius 1 is 1.38 bits per heavy atom. The third-order valence-electron chi connectivity index (χ3n) is 3.11. The van der Waals surface area contributed by atoms with E-state index in [0.29, 0.717) is 16.8 Å². The van der Waals surface area contributed by atoms with Crippen LogP contribution in [-0.4, -0.2) is 14.8 Å². The number of halogens is 3. The Labute approximate surface area is 129 Å². The van der Waals surface area contributed by atoms with E-state index < -0.39 is 17.7 Å². The molecule has 0 radical (unpaired) electrons. The standard InChI is InChI=1S/C13H16BrF2N5/c1-2-3-21-12(18-7-19-21)6-11(20-17)13-9(15)4-8(14)5-10(13)16/h4-5,7,11,20H,2-3,6,17H2,1H3. The van der Waals surface area contributed by atoms with E-state index in [1.165, 1.54) is 18.5 Å². The first-order valence-corrected chi connectivity index (χ1v) is 7.33. The average molecular weight is 360 g/mol. The van der Waals surface area contributed by atoms with Crippen LogP contribution < -0.4 is 11.3 Å². The topological polar surface area (TPSA) is 68.8 Å². The molecule has 2 aromatic rings. The molecule has 21 heavy (non-hydrogen) atoms. The summed E-state index contributed by atoms with van der Waals surface area (Å²) in [7, 11) is 0. The highest BCUT2D eigenvalue weighted by atomic mass is 79.9. The van der Waals surface area contributed by atoms with Gasteiger partial charge in [0, 0.05) is 23.0 Å². The summed E-state index contributed by atoms with van der Waals surface area (Å²) in [6.45, 7) is 2.70. The Morgan fingerprint density at radius 3 is 2.62 bits per heavy atom. The summed E-state index contributed by atoms with van der Waals surface area (Å²) in [6.07, 6.45) is 2.55. The van der Waals surface area contributed by atoms with Gasteiger partial charge in [0.2, 0.25) is 0 Å². The molecule has 1 aromatic heterocycles. The van der Waals surface area contributed by atoms with Gasteiger partial charge in [0.15, 0.2) is 0 Å². The van der Waals surface area contributed by atoms with Crippen LogP contribution in [0.25, 0.3) is 0 Å². The summed E-state index contributed by atoms with van der Waals surface area (Å²) in [4.78, 5) is 4.13. The number of hydrogen-bond donors (Lipinski definition) is 2. The fourth-order valence-corrected chi connectivity index (χ4v) is 2.56. The number of nitrogens with zero attached hydrogens (tertiary/aromatic N) is 3. The van der Waals surface area contributed by atoms with Crippen molar-refractivity contribution in [2.24, 2.45) is 5.84 Å². The van der Waals surface area contributed by atoms with E-state index in [9.17, 15) is 8.78 Å². The van der Waals surface area contributed by atoms with Crippen molar-refractivity contribution in [1.29, 1.82) is 0 Å². The lowest BCUT2D eigenvalue weighted by atomic mass is 10.0. The predicted molar refractivity (Wildman–Crippen MR) is 78.1 cm³/mol. The van der Waals surface area contributed by atoms with Crippen molar-refractivity contribution in [2.45, 2.75) is 32.4 Å². The number of hydrogen-bond acceptors (Lipinski definition) is 4. The van der Waals surface area contributed by atoms with Gasteiger partial charge in [0.05, 0.1) is 6.04 Å². The highest BCUT2D eigenvalue weighted by Crippen LogP contribution is 2.26. The molecule has 8 heteroatoms. The van der Waals surface area contributed by atoms with E-state index in [0.717, 1.165) is 6.42 Å². The first kappa shape index (κ1) is 16.0. The Balaban J connectivity index is 2.30. The number of nitrogens with one attached hydrogen (secondary N) is 1. The molecule has 5 nitrogen and oxygen atoms in total. The number of nitrogens with two attached hydrogens (primary N) is 1. The van der Waals surface area contributed by atoms with Gasteiger partial charge < -0.3 is 0 Å². The van der Waals surface area contributed by atoms with Crippen LogP contribution in [0.15, 0.2) is 22.9 Å². The summed E-state index contributed by atoms with van der Waals surface area (Å²) < 4.78 is 30.1. The fraction of sp³-hybridized carbons (Fsp3) is 0.385. The van der Waals surface area contributed by atoms with Gasteiger partial charge in [-0.15, -0.1) is 0 Å². The second kappa shape index (κ2) is 7.06. The van der Waals surface area contributed by atoms with E-state index in [1.54, 1.807) is 4.68 Å². The van der Waals surface area contributed by atoms with Crippen LogP contribution >= 0.6 is 15.9 Å². The molecule has 0 saturated heterocycles. The molecule has 0 aliphatic carbocycles. The molecule has 1 atom stereocenters. The van der Waals surface area contributed by atoms with Crippen LogP contribution in [-0.2, 0) is 13.0 Å². The van der Waals surface area contributed by atoms with Crippen LogP contribution in [0.5, 0.6) is 0 Å². The fourth-order valence-electron chi connectivity index (χ4n) is 2.16. The van der Waals surface area contributed by atoms with E-state index in [4.69, 9.17) is 5.84 Å². The normalized spacial score (nSPS) is 12.6. The number of benzene rings is 1. The third kappa shape index (κ3) is 3.63. The van der Waals surface area contributed by atoms with Crippen molar-refractivity contribution < 1.29 is 8.78 Å². The van der Waals surface area contributed by atoms with Crippen molar-refractivity contribution in [3.63, 3.8) is 0 Å². The van der Waals surface area contributed by atoms with Gasteiger partial charge in [0.25, 0.3) is 0 Å². The molecule has 2 rings (SSSR count). The number of rotatable bonds is 6. The van der Waals surface area contributed by atoms with Gasteiger partial charge >= 0.3 is 0 Å². The smallest absolute Gasteiger partial charge is 0.138 e. The first-order valence-electron chi connectivity index (χ1n) is 6.54. The van der Waals surface area contributed by atoms with Crippen molar-refractivity contribution >= 4 is 15.9 Å². The lowest BCUT2D eigenvalue weighted by molar-refractivity contribution is 0.452. The quantitative estimate of drug-likeness (QED) is 0.614. The zero-order chi connectivity index (χ0) is 15.4. The predicted octanol–water partition coefficient (Wildman–Crippen LogP) is 2.48. The molecule has 0 aliphatic heterocycles. The number of aromatic nitrogens is 3. The van der Waals surface area contributed by atoms with Crippen LogP contribution in [0.2, 0.25) is 0 Å². The van der Waals surface area contributed by atoms with Gasteiger partial charge in [-0.2, -0.15) is 5.10 Å². The molecule has 0 fully saturated rings. The van der Waals surface area contributed by atoms with E-state index in [-0.39, 0.29) is 12.0 Å². The lowest BCUT2D eigenvalue weighted by Gasteiger charge is -2.18. The molecule has 3 N–H and O–H groups in total. The minimum atomic E-state index is -0.724. The minimum Gasteiger partial charge on any atom is -0.271 e. The lowest BCUT2D eigenvalue weighted by Crippen LogP contribution is -2.32. The second-order valence-corrected chi connectivity index (χ2v) is 5.52. The maximum absolute atomic E-state index is 14.0. The average Bonchev–Trinajstić information content (AvgIpc) is 2.84. The molecule has 0 amide bonds. The Hall–Kier alpha value is -1.38. The first-order chi connectivity index (χ1) is 10.1. The number of aryl methyl sites for hydroxylation is 1. The molecular weight excluding hydrogens is 344 g/mol. The zero-order valence-electron chi connectivity index (χ0n) is 11.5. The molecular formula is C13H16BrF2N5. The maximum atomic E-state index is 14.0. The van der Waals surface area contributed by atoms with E-state index in [2.05, 4.69) is 31.4 Å². The molecule has 0 saturated carbocycles. The minimum absolute atomic E-state index is 0.105. The maximum Gasteiger partial charge on any atom is 0.138 e. The largest absolute Gasteiger partial charge is 0.271 e. The molecule has 1 heterocycles. The summed E-state index contributed by atoms with van der Waals surface area (Å²) in [5, 5.41) is 4.09. The molecule has 114 valence electrons. The van der Waals surface area contributed by atoms with E-state index >= 15 is 0 Å². The Morgan fingerprint density at radius 2 is 2.05 bits per heavy atom. The van der Waals surface area contributed by atoms with Gasteiger partial charge in [-0.3, -0.25) is 16.0 Å². The summed E-state index contributed by atoms with van der Waals surface area (Å²) in [5.41, 5.74) is 2.35. The Kier molecular flexibility index (Phi) is 5.38. The zero-order valence-corrected chi connectivity index (χ0v) is 13.1. The van der Waals surface area contributed by atoms with Gasteiger partial charge in [-0.05, 0) is 18.6 Å².